The van der Waals surface area contributed by atoms with Crippen molar-refractivity contribution < 1.29 is 18.0 Å². The van der Waals surface area contributed by atoms with Crippen LogP contribution in [0.3, 0.4) is 0 Å². The van der Waals surface area contributed by atoms with E-state index in [4.69, 9.17) is 0 Å². The maximum absolute atomic E-state index is 13.1. The van der Waals surface area contributed by atoms with E-state index in [9.17, 15) is 18.0 Å². The molecule has 2 amide bonds. The number of nitrogens with one attached hydrogen (secondary N) is 1. The number of urea groups is 1. The minimum absolute atomic E-state index is 0.0752. The number of fused-ring (bicyclic) bond motifs is 1. The summed E-state index contributed by atoms with van der Waals surface area (Å²) in [5.74, 6) is 0.775. The molecule has 8 heteroatoms. The molecular weight excluding hydrogens is 417 g/mol. The Morgan fingerprint density at radius 1 is 1.03 bits per heavy atom. The van der Waals surface area contributed by atoms with Crippen LogP contribution < -0.4 is 5.32 Å². The average Bonchev–Trinajstić information content (AvgIpc) is 3.20. The zero-order valence-electron chi connectivity index (χ0n) is 19.3. The predicted molar refractivity (Wildman–Crippen MR) is 117 cm³/mol. The van der Waals surface area contributed by atoms with Crippen LogP contribution in [0.2, 0.25) is 0 Å². The Hall–Kier alpha value is -1.83. The van der Waals surface area contributed by atoms with Gasteiger partial charge >= 0.3 is 12.2 Å². The summed E-state index contributed by atoms with van der Waals surface area (Å²) in [4.78, 5) is 20.6. The first-order valence-corrected chi connectivity index (χ1v) is 11.9. The second kappa shape index (κ2) is 8.84. The number of pyridine rings is 1. The van der Waals surface area contributed by atoms with Crippen molar-refractivity contribution in [1.29, 1.82) is 0 Å². The van der Waals surface area contributed by atoms with Crippen LogP contribution in [0.4, 0.5) is 18.0 Å². The van der Waals surface area contributed by atoms with Gasteiger partial charge in [-0.2, -0.15) is 13.2 Å². The number of nitrogens with zero attached hydrogens (tertiary/aromatic N) is 3. The zero-order valence-corrected chi connectivity index (χ0v) is 19.3. The average molecular weight is 453 g/mol. The minimum Gasteiger partial charge on any atom is -0.323 e. The maximum Gasteiger partial charge on any atom is 0.417 e. The summed E-state index contributed by atoms with van der Waals surface area (Å²) in [5.41, 5.74) is 0.778. The lowest BCUT2D eigenvalue weighted by molar-refractivity contribution is -0.137. The Kier molecular flexibility index (Phi) is 6.45. The van der Waals surface area contributed by atoms with Gasteiger partial charge in [0.15, 0.2) is 0 Å². The number of likely N-dealkylation sites (tertiary alicyclic amines) is 1. The first-order chi connectivity index (χ1) is 15.0. The number of rotatable bonds is 2. The van der Waals surface area contributed by atoms with Crippen LogP contribution >= 0.6 is 0 Å². The second-order valence-corrected chi connectivity index (χ2v) is 10.8. The summed E-state index contributed by atoms with van der Waals surface area (Å²) in [7, 11) is 0. The van der Waals surface area contributed by atoms with Crippen LogP contribution in [0.5, 0.6) is 0 Å². The smallest absolute Gasteiger partial charge is 0.323 e. The van der Waals surface area contributed by atoms with Crippen molar-refractivity contribution in [3.8, 4) is 0 Å². The fourth-order valence-electron chi connectivity index (χ4n) is 5.47. The number of carbonyl (C=O) groups excluding carboxylic acids is 1. The van der Waals surface area contributed by atoms with E-state index in [1.165, 1.54) is 25.7 Å². The van der Waals surface area contributed by atoms with Gasteiger partial charge < -0.3 is 15.1 Å². The van der Waals surface area contributed by atoms with Gasteiger partial charge in [-0.25, -0.2) is 4.79 Å². The van der Waals surface area contributed by atoms with Gasteiger partial charge in [-0.3, -0.25) is 4.98 Å². The van der Waals surface area contributed by atoms with Crippen LogP contribution in [0.15, 0.2) is 12.3 Å². The third kappa shape index (κ3) is 5.21. The molecule has 3 heterocycles. The molecule has 2 aliphatic heterocycles. The summed E-state index contributed by atoms with van der Waals surface area (Å²) in [6.07, 6.45) is 2.75. The number of amides is 2. The van der Waals surface area contributed by atoms with E-state index in [1.807, 2.05) is 4.90 Å². The quantitative estimate of drug-likeness (QED) is 0.698. The SMILES string of the molecule is CC(C)(C)C1CCC(NC2CCN(C(=O)N3CCc4ncc(C(F)(F)F)cc4C3)C2)CC1. The van der Waals surface area contributed by atoms with E-state index in [1.54, 1.807) is 4.90 Å². The largest absolute Gasteiger partial charge is 0.417 e. The van der Waals surface area contributed by atoms with E-state index in [2.05, 4.69) is 31.1 Å². The summed E-state index contributed by atoms with van der Waals surface area (Å²) in [6, 6.07) is 1.88. The van der Waals surface area contributed by atoms with E-state index in [-0.39, 0.29) is 12.6 Å². The molecule has 2 fully saturated rings. The lowest BCUT2D eigenvalue weighted by Gasteiger charge is -2.38. The van der Waals surface area contributed by atoms with Gasteiger partial charge in [-0.1, -0.05) is 20.8 Å². The van der Waals surface area contributed by atoms with Crippen LogP contribution in [0, 0.1) is 11.3 Å². The molecule has 0 aromatic carbocycles. The standard InChI is InChI=1S/C24H35F3N4O/c1-23(2,3)17-4-6-19(7-5-17)29-20-8-10-31(15-20)22(32)30-11-9-21-16(14-30)12-18(13-28-21)24(25,26)27/h12-13,17,19-20,29H,4-11,14-15H2,1-3H3. The van der Waals surface area contributed by atoms with Crippen molar-refractivity contribution in [1.82, 2.24) is 20.1 Å². The van der Waals surface area contributed by atoms with E-state index < -0.39 is 11.7 Å². The highest BCUT2D eigenvalue weighted by Gasteiger charge is 2.36. The minimum atomic E-state index is -4.42. The van der Waals surface area contributed by atoms with Gasteiger partial charge in [0, 0.05) is 56.6 Å². The summed E-state index contributed by atoms with van der Waals surface area (Å²) < 4.78 is 39.1. The van der Waals surface area contributed by atoms with Crippen molar-refractivity contribution in [2.75, 3.05) is 19.6 Å². The molecule has 0 radical (unpaired) electrons. The normalized spacial score (nSPS) is 26.9. The van der Waals surface area contributed by atoms with Crippen molar-refractivity contribution in [2.45, 2.75) is 84.1 Å². The lowest BCUT2D eigenvalue weighted by atomic mass is 9.71. The van der Waals surface area contributed by atoms with Gasteiger partial charge in [-0.15, -0.1) is 0 Å². The summed E-state index contributed by atoms with van der Waals surface area (Å²) >= 11 is 0. The lowest BCUT2D eigenvalue weighted by Crippen LogP contribution is -2.47. The van der Waals surface area contributed by atoms with Crippen molar-refractivity contribution in [3.63, 3.8) is 0 Å². The van der Waals surface area contributed by atoms with Crippen molar-refractivity contribution in [3.05, 3.63) is 29.1 Å². The topological polar surface area (TPSA) is 48.5 Å². The molecule has 4 rings (SSSR count). The highest BCUT2D eigenvalue weighted by atomic mass is 19.4. The van der Waals surface area contributed by atoms with E-state index >= 15 is 0 Å². The highest BCUT2D eigenvalue weighted by molar-refractivity contribution is 5.75. The third-order valence-electron chi connectivity index (χ3n) is 7.52. The van der Waals surface area contributed by atoms with E-state index in [0.29, 0.717) is 54.8 Å². The molecule has 0 spiro atoms. The number of hydrogen-bond donors (Lipinski definition) is 1. The molecule has 1 N–H and O–H groups in total. The van der Waals surface area contributed by atoms with Gasteiger partial charge in [0.05, 0.1) is 5.56 Å². The molecule has 1 unspecified atom stereocenters. The molecule has 1 saturated carbocycles. The molecule has 1 aromatic heterocycles. The van der Waals surface area contributed by atoms with E-state index in [0.717, 1.165) is 24.6 Å². The number of hydrogen-bond acceptors (Lipinski definition) is 3. The predicted octanol–water partition coefficient (Wildman–Crippen LogP) is 4.85. The Bertz CT molecular complexity index is 828. The highest BCUT2D eigenvalue weighted by Crippen LogP contribution is 2.38. The molecule has 3 aliphatic rings. The zero-order chi connectivity index (χ0) is 23.1. The van der Waals surface area contributed by atoms with Crippen LogP contribution in [-0.2, 0) is 19.1 Å². The van der Waals surface area contributed by atoms with Crippen LogP contribution in [0.25, 0.3) is 0 Å². The number of carbonyl (C=O) groups is 1. The summed E-state index contributed by atoms with van der Waals surface area (Å²) in [5, 5.41) is 3.77. The molecular formula is C24H35F3N4O. The first-order valence-electron chi connectivity index (χ1n) is 11.9. The van der Waals surface area contributed by atoms with Gasteiger partial charge in [0.1, 0.15) is 0 Å². The third-order valence-corrected chi connectivity index (χ3v) is 7.52. The molecule has 5 nitrogen and oxygen atoms in total. The van der Waals surface area contributed by atoms with Crippen molar-refractivity contribution in [2.24, 2.45) is 11.3 Å². The second-order valence-electron chi connectivity index (χ2n) is 10.8. The van der Waals surface area contributed by atoms with Gasteiger partial charge in [0.25, 0.3) is 0 Å². The van der Waals surface area contributed by atoms with Crippen LogP contribution in [0.1, 0.15) is 69.7 Å². The van der Waals surface area contributed by atoms with Gasteiger partial charge in [-0.05, 0) is 55.1 Å². The molecule has 1 atom stereocenters. The Labute approximate surface area is 188 Å². The van der Waals surface area contributed by atoms with Crippen molar-refractivity contribution >= 4 is 6.03 Å². The van der Waals surface area contributed by atoms with Crippen LogP contribution in [-0.4, -0.2) is 52.5 Å². The monoisotopic (exact) mass is 452 g/mol. The maximum atomic E-state index is 13.1. The van der Waals surface area contributed by atoms with Gasteiger partial charge in [0.2, 0.25) is 0 Å². The fraction of sp³-hybridized carbons (Fsp3) is 0.750. The number of aromatic nitrogens is 1. The molecule has 1 aliphatic carbocycles. The first kappa shape index (κ1) is 23.3. The Morgan fingerprint density at radius 2 is 1.75 bits per heavy atom. The number of halogens is 3. The summed E-state index contributed by atoms with van der Waals surface area (Å²) in [6.45, 7) is 9.02. The Balaban J connectivity index is 1.29. The molecule has 0 bridgehead atoms. The molecule has 1 aromatic rings. The molecule has 32 heavy (non-hydrogen) atoms. The number of alkyl halides is 3. The molecule has 1 saturated heterocycles. The fourth-order valence-corrected chi connectivity index (χ4v) is 5.47. The molecule has 178 valence electrons. The Morgan fingerprint density at radius 3 is 2.41 bits per heavy atom.